The van der Waals surface area contributed by atoms with Crippen LogP contribution in [0.15, 0.2) is 18.2 Å². The second kappa shape index (κ2) is 3.84. The van der Waals surface area contributed by atoms with Gasteiger partial charge < -0.3 is 15.3 Å². The second-order valence-electron chi connectivity index (χ2n) is 3.53. The van der Waals surface area contributed by atoms with Gasteiger partial charge >= 0.3 is 5.97 Å². The van der Waals surface area contributed by atoms with Crippen LogP contribution in [0.2, 0.25) is 0 Å². The van der Waals surface area contributed by atoms with Gasteiger partial charge in [0.1, 0.15) is 0 Å². The number of nitrogens with one attached hydrogen (secondary N) is 1. The average molecular weight is 220 g/mol. The van der Waals surface area contributed by atoms with Gasteiger partial charge in [-0.2, -0.15) is 0 Å². The molecule has 0 aliphatic carbocycles. The lowest BCUT2D eigenvalue weighted by molar-refractivity contribution is -0.117. The number of carbonyl (C=O) groups excluding carboxylic acids is 1. The van der Waals surface area contributed by atoms with Gasteiger partial charge in [0.15, 0.2) is 0 Å². The topological polar surface area (TPSA) is 69.6 Å². The summed E-state index contributed by atoms with van der Waals surface area (Å²) in [7, 11) is 0. The lowest BCUT2D eigenvalue weighted by Crippen LogP contribution is -2.39. The molecule has 5 nitrogen and oxygen atoms in total. The molecule has 1 aliphatic heterocycles. The van der Waals surface area contributed by atoms with E-state index >= 15 is 0 Å². The maximum atomic E-state index is 11.6. The van der Waals surface area contributed by atoms with Gasteiger partial charge in [0.2, 0.25) is 5.91 Å². The quantitative estimate of drug-likeness (QED) is 0.784. The standard InChI is InChI=1S/C11H12N2O3/c1-2-13-9-5-7(11(15)16)3-4-8(9)12-6-10(13)14/h3-5,12H,2,6H2,1H3,(H,15,16). The van der Waals surface area contributed by atoms with Crippen LogP contribution in [0.4, 0.5) is 11.4 Å². The first kappa shape index (κ1) is 10.5. The number of carboxylic acids is 1. The van der Waals surface area contributed by atoms with Crippen molar-refractivity contribution in [3.63, 3.8) is 0 Å². The summed E-state index contributed by atoms with van der Waals surface area (Å²) in [6, 6.07) is 4.73. The molecule has 0 aromatic heterocycles. The highest BCUT2D eigenvalue weighted by Crippen LogP contribution is 2.30. The first-order valence-corrected chi connectivity index (χ1v) is 5.05. The maximum absolute atomic E-state index is 11.6. The van der Waals surface area contributed by atoms with E-state index in [1.54, 1.807) is 11.0 Å². The van der Waals surface area contributed by atoms with E-state index in [1.807, 2.05) is 6.92 Å². The number of carbonyl (C=O) groups is 2. The molecule has 0 saturated carbocycles. The van der Waals surface area contributed by atoms with Crippen LogP contribution in [0.25, 0.3) is 0 Å². The summed E-state index contributed by atoms with van der Waals surface area (Å²) in [5, 5.41) is 11.8. The third-order valence-electron chi connectivity index (χ3n) is 2.58. The highest BCUT2D eigenvalue weighted by molar-refractivity contribution is 6.04. The van der Waals surface area contributed by atoms with E-state index in [0.29, 0.717) is 12.2 Å². The van der Waals surface area contributed by atoms with Crippen LogP contribution in [-0.2, 0) is 4.79 Å². The summed E-state index contributed by atoms with van der Waals surface area (Å²) in [5.41, 5.74) is 1.62. The SMILES string of the molecule is CCN1C(=O)CNc2ccc(C(=O)O)cc21. The number of benzene rings is 1. The number of aromatic carboxylic acids is 1. The fourth-order valence-corrected chi connectivity index (χ4v) is 1.78. The Balaban J connectivity index is 2.49. The Labute approximate surface area is 92.7 Å². The van der Waals surface area contributed by atoms with Gasteiger partial charge in [-0.1, -0.05) is 0 Å². The minimum absolute atomic E-state index is 0.0439. The Morgan fingerprint density at radius 3 is 2.94 bits per heavy atom. The summed E-state index contributed by atoms with van der Waals surface area (Å²) in [6.07, 6.45) is 0. The number of hydrogen-bond donors (Lipinski definition) is 2. The normalized spacial score (nSPS) is 14.3. The zero-order valence-electron chi connectivity index (χ0n) is 8.86. The Bertz CT molecular complexity index is 457. The average Bonchev–Trinajstić information content (AvgIpc) is 2.28. The zero-order chi connectivity index (χ0) is 11.7. The number of fused-ring (bicyclic) bond motifs is 1. The molecule has 0 unspecified atom stereocenters. The first-order valence-electron chi connectivity index (χ1n) is 5.05. The molecule has 1 heterocycles. The summed E-state index contributed by atoms with van der Waals surface area (Å²) < 4.78 is 0. The molecule has 16 heavy (non-hydrogen) atoms. The molecule has 0 atom stereocenters. The Hall–Kier alpha value is -2.04. The van der Waals surface area contributed by atoms with Gasteiger partial charge in [-0.05, 0) is 25.1 Å². The molecule has 0 fully saturated rings. The van der Waals surface area contributed by atoms with E-state index in [1.165, 1.54) is 12.1 Å². The monoisotopic (exact) mass is 220 g/mol. The van der Waals surface area contributed by atoms with E-state index in [0.717, 1.165) is 5.69 Å². The van der Waals surface area contributed by atoms with Gasteiger partial charge in [-0.3, -0.25) is 4.79 Å². The molecular weight excluding hydrogens is 208 g/mol. The number of nitrogens with zero attached hydrogens (tertiary/aromatic N) is 1. The number of amides is 1. The molecule has 84 valence electrons. The van der Waals surface area contributed by atoms with Crippen LogP contribution in [0.5, 0.6) is 0 Å². The fraction of sp³-hybridized carbons (Fsp3) is 0.273. The second-order valence-corrected chi connectivity index (χ2v) is 3.53. The van der Waals surface area contributed by atoms with Crippen molar-refractivity contribution in [1.82, 2.24) is 0 Å². The van der Waals surface area contributed by atoms with Crippen molar-refractivity contribution in [3.8, 4) is 0 Å². The summed E-state index contributed by atoms with van der Waals surface area (Å²) in [5.74, 6) is -1.03. The molecule has 1 aliphatic rings. The fourth-order valence-electron chi connectivity index (χ4n) is 1.78. The summed E-state index contributed by atoms with van der Waals surface area (Å²) in [6.45, 7) is 2.66. The smallest absolute Gasteiger partial charge is 0.335 e. The lowest BCUT2D eigenvalue weighted by atomic mass is 10.1. The van der Waals surface area contributed by atoms with Gasteiger partial charge in [0.25, 0.3) is 0 Å². The molecule has 0 radical (unpaired) electrons. The van der Waals surface area contributed by atoms with E-state index in [9.17, 15) is 9.59 Å². The summed E-state index contributed by atoms with van der Waals surface area (Å²) in [4.78, 5) is 24.0. The van der Waals surface area contributed by atoms with Crippen molar-refractivity contribution in [2.45, 2.75) is 6.92 Å². The van der Waals surface area contributed by atoms with Crippen LogP contribution in [0.1, 0.15) is 17.3 Å². The van der Waals surface area contributed by atoms with Crippen LogP contribution in [0, 0.1) is 0 Å². The van der Waals surface area contributed by atoms with Gasteiger partial charge in [-0.25, -0.2) is 4.79 Å². The third-order valence-corrected chi connectivity index (χ3v) is 2.58. The highest BCUT2D eigenvalue weighted by atomic mass is 16.4. The zero-order valence-corrected chi connectivity index (χ0v) is 8.86. The van der Waals surface area contributed by atoms with Crippen LogP contribution >= 0.6 is 0 Å². The molecule has 1 aromatic rings. The minimum Gasteiger partial charge on any atom is -0.478 e. The third kappa shape index (κ3) is 1.60. The molecule has 0 spiro atoms. The lowest BCUT2D eigenvalue weighted by Gasteiger charge is -2.29. The van der Waals surface area contributed by atoms with Crippen molar-refractivity contribution in [3.05, 3.63) is 23.8 Å². The van der Waals surface area contributed by atoms with Gasteiger partial charge in [0, 0.05) is 6.54 Å². The Morgan fingerprint density at radius 2 is 2.31 bits per heavy atom. The van der Waals surface area contributed by atoms with Gasteiger partial charge in [0.05, 0.1) is 23.5 Å². The maximum Gasteiger partial charge on any atom is 0.335 e. The van der Waals surface area contributed by atoms with Crippen molar-refractivity contribution >= 4 is 23.3 Å². The molecule has 2 rings (SSSR count). The summed E-state index contributed by atoms with van der Waals surface area (Å²) >= 11 is 0. The van der Waals surface area contributed by atoms with E-state index in [4.69, 9.17) is 5.11 Å². The van der Waals surface area contributed by atoms with E-state index in [2.05, 4.69) is 5.32 Å². The van der Waals surface area contributed by atoms with E-state index in [-0.39, 0.29) is 18.0 Å². The molecule has 1 amide bonds. The number of hydrogen-bond acceptors (Lipinski definition) is 3. The first-order chi connectivity index (χ1) is 7.63. The van der Waals surface area contributed by atoms with Gasteiger partial charge in [-0.15, -0.1) is 0 Å². The van der Waals surface area contributed by atoms with Crippen LogP contribution in [0.3, 0.4) is 0 Å². The van der Waals surface area contributed by atoms with E-state index < -0.39 is 5.97 Å². The predicted molar refractivity (Wildman–Crippen MR) is 59.9 cm³/mol. The van der Waals surface area contributed by atoms with Crippen LogP contribution in [-0.4, -0.2) is 30.1 Å². The number of rotatable bonds is 2. The molecule has 2 N–H and O–H groups in total. The molecule has 1 aromatic carbocycles. The molecule has 0 bridgehead atoms. The largest absolute Gasteiger partial charge is 0.478 e. The number of anilines is 2. The van der Waals surface area contributed by atoms with Crippen LogP contribution < -0.4 is 10.2 Å². The highest BCUT2D eigenvalue weighted by Gasteiger charge is 2.23. The Kier molecular flexibility index (Phi) is 2.52. The minimum atomic E-state index is -0.989. The molecular formula is C11H12N2O3. The predicted octanol–water partition coefficient (Wildman–Crippen LogP) is 1.16. The number of likely N-dealkylation sites (N-methyl/N-ethyl adjacent to an activating group) is 1. The molecule has 0 saturated heterocycles. The number of carboxylic acid groups (broad SMARTS) is 1. The molecule has 5 heteroatoms. The van der Waals surface area contributed by atoms with Crippen molar-refractivity contribution in [2.75, 3.05) is 23.3 Å². The van der Waals surface area contributed by atoms with Crippen molar-refractivity contribution in [1.29, 1.82) is 0 Å². The Morgan fingerprint density at radius 1 is 1.56 bits per heavy atom. The van der Waals surface area contributed by atoms with Crippen molar-refractivity contribution < 1.29 is 14.7 Å². The van der Waals surface area contributed by atoms with Crippen molar-refractivity contribution in [2.24, 2.45) is 0 Å².